The number of nitrogens with zero attached hydrogens (tertiary/aromatic N) is 3. The highest BCUT2D eigenvalue weighted by Gasteiger charge is 2.27. The predicted octanol–water partition coefficient (Wildman–Crippen LogP) is 0.760. The molecule has 0 spiro atoms. The van der Waals surface area contributed by atoms with Crippen molar-refractivity contribution in [2.24, 2.45) is 5.41 Å². The van der Waals surface area contributed by atoms with Crippen LogP contribution in [0.4, 0.5) is 0 Å². The number of aliphatic hydroxyl groups excluding tert-OH is 2. The summed E-state index contributed by atoms with van der Waals surface area (Å²) in [6, 6.07) is 0. The first-order valence-corrected chi connectivity index (χ1v) is 6.79. The van der Waals surface area contributed by atoms with Gasteiger partial charge in [0.25, 0.3) is 0 Å². The van der Waals surface area contributed by atoms with Crippen LogP contribution in [0.1, 0.15) is 43.9 Å². The van der Waals surface area contributed by atoms with Crippen LogP contribution >= 0.6 is 0 Å². The van der Waals surface area contributed by atoms with Gasteiger partial charge in [-0.05, 0) is 19.9 Å². The summed E-state index contributed by atoms with van der Waals surface area (Å²) in [5.74, 6) is 1.80. The third-order valence-corrected chi connectivity index (χ3v) is 3.76. The van der Waals surface area contributed by atoms with Crippen LogP contribution in [0, 0.1) is 5.41 Å². The molecule has 0 aromatic carbocycles. The molecule has 1 fully saturated rings. The van der Waals surface area contributed by atoms with Gasteiger partial charge in [-0.25, -0.2) is 0 Å². The van der Waals surface area contributed by atoms with E-state index in [1.807, 2.05) is 18.9 Å². The highest BCUT2D eigenvalue weighted by atomic mass is 16.4. The summed E-state index contributed by atoms with van der Waals surface area (Å²) in [4.78, 5) is 1.98. The van der Waals surface area contributed by atoms with E-state index in [1.54, 1.807) is 0 Å². The van der Waals surface area contributed by atoms with Crippen molar-refractivity contribution in [2.75, 3.05) is 26.8 Å². The van der Waals surface area contributed by atoms with Crippen LogP contribution in [-0.2, 0) is 6.54 Å². The number of hydrogen-bond donors (Lipinski definition) is 2. The zero-order chi connectivity index (χ0) is 13.9. The first-order chi connectivity index (χ1) is 9.06. The molecule has 0 atom stereocenters. The van der Waals surface area contributed by atoms with Crippen LogP contribution in [0.3, 0.4) is 0 Å². The van der Waals surface area contributed by atoms with E-state index in [0.717, 1.165) is 18.7 Å². The van der Waals surface area contributed by atoms with Crippen LogP contribution in [0.2, 0.25) is 0 Å². The average molecular weight is 269 g/mol. The minimum Gasteiger partial charge on any atom is -0.424 e. The largest absolute Gasteiger partial charge is 0.424 e. The molecule has 19 heavy (non-hydrogen) atoms. The molecule has 6 heteroatoms. The Balaban J connectivity index is 1.87. The molecule has 2 rings (SSSR count). The van der Waals surface area contributed by atoms with Gasteiger partial charge in [0.1, 0.15) is 0 Å². The van der Waals surface area contributed by atoms with Crippen molar-refractivity contribution >= 4 is 0 Å². The van der Waals surface area contributed by atoms with Crippen LogP contribution in [0.5, 0.6) is 0 Å². The zero-order valence-electron chi connectivity index (χ0n) is 11.7. The second-order valence-corrected chi connectivity index (χ2v) is 5.96. The molecule has 0 saturated heterocycles. The highest BCUT2D eigenvalue weighted by molar-refractivity contribution is 4.96. The number of hydrogen-bond acceptors (Lipinski definition) is 6. The lowest BCUT2D eigenvalue weighted by molar-refractivity contribution is 0.0381. The Kier molecular flexibility index (Phi) is 4.54. The van der Waals surface area contributed by atoms with Crippen LogP contribution in [0.15, 0.2) is 4.42 Å². The van der Waals surface area contributed by atoms with E-state index in [0.29, 0.717) is 24.9 Å². The van der Waals surface area contributed by atoms with E-state index in [4.69, 9.17) is 4.42 Å². The molecule has 1 aliphatic rings. The minimum atomic E-state index is -0.508. The molecule has 1 aromatic rings. The third kappa shape index (κ3) is 3.52. The van der Waals surface area contributed by atoms with Gasteiger partial charge >= 0.3 is 0 Å². The monoisotopic (exact) mass is 269 g/mol. The van der Waals surface area contributed by atoms with E-state index in [-0.39, 0.29) is 13.2 Å². The Morgan fingerprint density at radius 2 is 2.00 bits per heavy atom. The molecule has 6 nitrogen and oxygen atoms in total. The lowest BCUT2D eigenvalue weighted by atomic mass is 9.85. The zero-order valence-corrected chi connectivity index (χ0v) is 11.7. The smallest absolute Gasteiger partial charge is 0.230 e. The Labute approximate surface area is 113 Å². The van der Waals surface area contributed by atoms with Gasteiger partial charge in [-0.3, -0.25) is 4.90 Å². The molecule has 0 aliphatic heterocycles. The predicted molar refractivity (Wildman–Crippen MR) is 69.5 cm³/mol. The summed E-state index contributed by atoms with van der Waals surface area (Å²) in [6.45, 7) is 2.85. The van der Waals surface area contributed by atoms with Crippen LogP contribution < -0.4 is 0 Å². The lowest BCUT2D eigenvalue weighted by Crippen LogP contribution is -2.38. The molecule has 1 saturated carbocycles. The fourth-order valence-corrected chi connectivity index (χ4v) is 2.24. The Morgan fingerprint density at radius 1 is 1.32 bits per heavy atom. The molecule has 0 radical (unpaired) electrons. The van der Waals surface area contributed by atoms with Crippen LogP contribution in [-0.4, -0.2) is 52.1 Å². The van der Waals surface area contributed by atoms with Gasteiger partial charge in [-0.1, -0.05) is 13.3 Å². The number of aromatic nitrogens is 2. The van der Waals surface area contributed by atoms with Gasteiger partial charge in [0, 0.05) is 17.9 Å². The Bertz CT molecular complexity index is 400. The van der Waals surface area contributed by atoms with Crippen LogP contribution in [0.25, 0.3) is 0 Å². The summed E-state index contributed by atoms with van der Waals surface area (Å²) >= 11 is 0. The SMILES string of the molecule is CN(Cc1nnc(C2CCC2)o1)CC(C)(CO)CO. The van der Waals surface area contributed by atoms with Gasteiger partial charge in [0.05, 0.1) is 19.8 Å². The minimum absolute atomic E-state index is 0.0506. The van der Waals surface area contributed by atoms with E-state index < -0.39 is 5.41 Å². The first kappa shape index (κ1) is 14.4. The maximum atomic E-state index is 9.28. The van der Waals surface area contributed by atoms with E-state index in [1.165, 1.54) is 6.42 Å². The molecule has 2 N–H and O–H groups in total. The highest BCUT2D eigenvalue weighted by Crippen LogP contribution is 2.35. The molecule has 0 bridgehead atoms. The number of rotatable bonds is 7. The molecule has 0 amide bonds. The first-order valence-electron chi connectivity index (χ1n) is 6.79. The van der Waals surface area contributed by atoms with Crippen molar-refractivity contribution in [2.45, 2.75) is 38.6 Å². The Morgan fingerprint density at radius 3 is 2.53 bits per heavy atom. The summed E-state index contributed by atoms with van der Waals surface area (Å²) in [7, 11) is 1.91. The molecule has 108 valence electrons. The topological polar surface area (TPSA) is 82.6 Å². The lowest BCUT2D eigenvalue weighted by Gasteiger charge is -2.29. The summed E-state index contributed by atoms with van der Waals surface area (Å²) in [5.41, 5.74) is -0.508. The van der Waals surface area contributed by atoms with Gasteiger partial charge in [0.15, 0.2) is 0 Å². The average Bonchev–Trinajstić information content (AvgIpc) is 2.74. The molecule has 1 aliphatic carbocycles. The Hall–Kier alpha value is -0.980. The van der Waals surface area contributed by atoms with Crippen molar-refractivity contribution in [3.05, 3.63) is 11.8 Å². The molecule has 1 aromatic heterocycles. The van der Waals surface area contributed by atoms with Gasteiger partial charge in [-0.15, -0.1) is 10.2 Å². The molecular formula is C13H23N3O3. The normalized spacial score (nSPS) is 16.9. The maximum Gasteiger partial charge on any atom is 0.230 e. The third-order valence-electron chi connectivity index (χ3n) is 3.76. The van der Waals surface area contributed by atoms with Gasteiger partial charge in [0.2, 0.25) is 11.8 Å². The van der Waals surface area contributed by atoms with E-state index in [2.05, 4.69) is 10.2 Å². The quantitative estimate of drug-likeness (QED) is 0.760. The maximum absolute atomic E-state index is 9.28. The fourth-order valence-electron chi connectivity index (χ4n) is 2.24. The van der Waals surface area contributed by atoms with Gasteiger partial charge in [-0.2, -0.15) is 0 Å². The molecular weight excluding hydrogens is 246 g/mol. The standard InChI is InChI=1S/C13H23N3O3/c1-13(8-17,9-18)7-16(2)6-11-14-15-12(19-11)10-4-3-5-10/h10,17-18H,3-9H2,1-2H3. The number of aliphatic hydroxyl groups is 2. The molecule has 1 heterocycles. The summed E-state index contributed by atoms with van der Waals surface area (Å²) in [6.07, 6.45) is 3.53. The molecule has 0 unspecified atom stereocenters. The van der Waals surface area contributed by atoms with Crippen molar-refractivity contribution in [1.29, 1.82) is 0 Å². The second kappa shape index (κ2) is 5.98. The summed E-state index contributed by atoms with van der Waals surface area (Å²) < 4.78 is 5.65. The van der Waals surface area contributed by atoms with Crippen molar-refractivity contribution in [3.63, 3.8) is 0 Å². The van der Waals surface area contributed by atoms with Crippen molar-refractivity contribution in [1.82, 2.24) is 15.1 Å². The second-order valence-electron chi connectivity index (χ2n) is 5.96. The van der Waals surface area contributed by atoms with Crippen molar-refractivity contribution in [3.8, 4) is 0 Å². The van der Waals surface area contributed by atoms with E-state index in [9.17, 15) is 10.2 Å². The fraction of sp³-hybridized carbons (Fsp3) is 0.846. The van der Waals surface area contributed by atoms with Gasteiger partial charge < -0.3 is 14.6 Å². The summed E-state index contributed by atoms with van der Waals surface area (Å²) in [5, 5.41) is 26.7. The van der Waals surface area contributed by atoms with E-state index >= 15 is 0 Å². The van der Waals surface area contributed by atoms with Crippen molar-refractivity contribution < 1.29 is 14.6 Å².